The highest BCUT2D eigenvalue weighted by Crippen LogP contribution is 2.03. The SMILES string of the molecule is CC(C)C(=O)/C=C/CN1CCOC1=O. The first-order valence-corrected chi connectivity index (χ1v) is 4.73. The van der Waals surface area contributed by atoms with Gasteiger partial charge in [-0.15, -0.1) is 0 Å². The van der Waals surface area contributed by atoms with Crippen LogP contribution in [-0.4, -0.2) is 36.5 Å². The molecule has 0 radical (unpaired) electrons. The number of nitrogens with zero attached hydrogens (tertiary/aromatic N) is 1. The molecule has 0 atom stereocenters. The van der Waals surface area contributed by atoms with E-state index in [9.17, 15) is 9.59 Å². The van der Waals surface area contributed by atoms with E-state index >= 15 is 0 Å². The summed E-state index contributed by atoms with van der Waals surface area (Å²) in [6.07, 6.45) is 2.93. The number of hydrogen-bond acceptors (Lipinski definition) is 3. The minimum atomic E-state index is -0.299. The predicted octanol–water partition coefficient (Wildman–Crippen LogP) is 1.22. The Kier molecular flexibility index (Phi) is 3.68. The van der Waals surface area contributed by atoms with Crippen LogP contribution in [0.5, 0.6) is 0 Å². The van der Waals surface area contributed by atoms with Crippen LogP contribution in [0.2, 0.25) is 0 Å². The van der Waals surface area contributed by atoms with E-state index < -0.39 is 0 Å². The first-order chi connectivity index (χ1) is 6.61. The van der Waals surface area contributed by atoms with Crippen LogP contribution in [0.3, 0.4) is 0 Å². The van der Waals surface area contributed by atoms with Gasteiger partial charge in [-0.05, 0) is 6.08 Å². The summed E-state index contributed by atoms with van der Waals surface area (Å²) in [5.41, 5.74) is 0. The number of ether oxygens (including phenoxy) is 1. The molecule has 1 heterocycles. The molecule has 1 rings (SSSR count). The van der Waals surface area contributed by atoms with Crippen molar-refractivity contribution in [3.63, 3.8) is 0 Å². The van der Waals surface area contributed by atoms with Gasteiger partial charge in [-0.25, -0.2) is 4.79 Å². The van der Waals surface area contributed by atoms with Gasteiger partial charge in [0.1, 0.15) is 6.61 Å². The molecule has 78 valence electrons. The molecule has 1 fully saturated rings. The molecule has 0 saturated carbocycles. The van der Waals surface area contributed by atoms with Crippen molar-refractivity contribution >= 4 is 11.9 Å². The van der Waals surface area contributed by atoms with Crippen molar-refractivity contribution in [1.82, 2.24) is 4.90 Å². The molecule has 0 aromatic carbocycles. The van der Waals surface area contributed by atoms with E-state index in [0.29, 0.717) is 19.7 Å². The minimum Gasteiger partial charge on any atom is -0.448 e. The first kappa shape index (κ1) is 10.8. The number of cyclic esters (lactones) is 1. The largest absolute Gasteiger partial charge is 0.448 e. The number of allylic oxidation sites excluding steroid dienone is 1. The van der Waals surface area contributed by atoms with Crippen LogP contribution in [0.4, 0.5) is 4.79 Å². The van der Waals surface area contributed by atoms with E-state index in [1.165, 1.54) is 6.08 Å². The molecule has 4 heteroatoms. The van der Waals surface area contributed by atoms with Crippen LogP contribution in [0.1, 0.15) is 13.8 Å². The third-order valence-corrected chi connectivity index (χ3v) is 2.02. The van der Waals surface area contributed by atoms with E-state index in [1.807, 2.05) is 13.8 Å². The van der Waals surface area contributed by atoms with Gasteiger partial charge >= 0.3 is 6.09 Å². The van der Waals surface area contributed by atoms with Crippen molar-refractivity contribution in [2.45, 2.75) is 13.8 Å². The van der Waals surface area contributed by atoms with Gasteiger partial charge in [0, 0.05) is 12.5 Å². The third-order valence-electron chi connectivity index (χ3n) is 2.02. The zero-order valence-corrected chi connectivity index (χ0v) is 8.53. The summed E-state index contributed by atoms with van der Waals surface area (Å²) in [4.78, 5) is 23.7. The molecule has 0 aliphatic carbocycles. The van der Waals surface area contributed by atoms with Crippen LogP contribution in [-0.2, 0) is 9.53 Å². The second-order valence-electron chi connectivity index (χ2n) is 3.52. The van der Waals surface area contributed by atoms with E-state index in [-0.39, 0.29) is 17.8 Å². The van der Waals surface area contributed by atoms with Gasteiger partial charge in [-0.1, -0.05) is 19.9 Å². The Balaban J connectivity index is 2.32. The Hall–Kier alpha value is -1.32. The van der Waals surface area contributed by atoms with Gasteiger partial charge in [0.25, 0.3) is 0 Å². The standard InChI is InChI=1S/C10H15NO3/c1-8(2)9(12)4-3-5-11-6-7-14-10(11)13/h3-4,8H,5-7H2,1-2H3/b4-3+. The van der Waals surface area contributed by atoms with Crippen molar-refractivity contribution in [1.29, 1.82) is 0 Å². The van der Waals surface area contributed by atoms with Gasteiger partial charge in [0.2, 0.25) is 0 Å². The molecular weight excluding hydrogens is 182 g/mol. The quantitative estimate of drug-likeness (QED) is 0.636. The molecule has 1 amide bonds. The van der Waals surface area contributed by atoms with Gasteiger partial charge in [-0.3, -0.25) is 4.79 Å². The molecule has 0 aromatic rings. The summed E-state index contributed by atoms with van der Waals surface area (Å²) in [7, 11) is 0. The van der Waals surface area contributed by atoms with Crippen LogP contribution in [0, 0.1) is 5.92 Å². The number of hydrogen-bond donors (Lipinski definition) is 0. The Morgan fingerprint density at radius 1 is 1.64 bits per heavy atom. The number of rotatable bonds is 4. The number of carbonyl (C=O) groups is 2. The lowest BCUT2D eigenvalue weighted by Gasteiger charge is -2.08. The molecule has 0 bridgehead atoms. The van der Waals surface area contributed by atoms with Crippen molar-refractivity contribution < 1.29 is 14.3 Å². The van der Waals surface area contributed by atoms with E-state index in [2.05, 4.69) is 0 Å². The molecular formula is C10H15NO3. The van der Waals surface area contributed by atoms with Crippen LogP contribution in [0.25, 0.3) is 0 Å². The Labute approximate surface area is 83.5 Å². The molecule has 0 N–H and O–H groups in total. The average Bonchev–Trinajstić information content (AvgIpc) is 2.51. The fourth-order valence-electron chi connectivity index (χ4n) is 1.08. The number of amides is 1. The molecule has 14 heavy (non-hydrogen) atoms. The number of carbonyl (C=O) groups excluding carboxylic acids is 2. The third kappa shape index (κ3) is 2.87. The van der Waals surface area contributed by atoms with Gasteiger partial charge in [-0.2, -0.15) is 0 Å². The molecule has 1 saturated heterocycles. The topological polar surface area (TPSA) is 46.6 Å². The Morgan fingerprint density at radius 3 is 2.86 bits per heavy atom. The zero-order chi connectivity index (χ0) is 10.6. The summed E-state index contributed by atoms with van der Waals surface area (Å²) in [6.45, 7) is 5.20. The highest BCUT2D eigenvalue weighted by molar-refractivity contribution is 5.91. The van der Waals surface area contributed by atoms with Crippen molar-refractivity contribution in [3.05, 3.63) is 12.2 Å². The highest BCUT2D eigenvalue weighted by Gasteiger charge is 2.19. The second kappa shape index (κ2) is 4.79. The fraction of sp³-hybridized carbons (Fsp3) is 0.600. The lowest BCUT2D eigenvalue weighted by Crippen LogP contribution is -2.24. The van der Waals surface area contributed by atoms with Crippen molar-refractivity contribution in [2.75, 3.05) is 19.7 Å². The van der Waals surface area contributed by atoms with E-state index in [1.54, 1.807) is 11.0 Å². The second-order valence-corrected chi connectivity index (χ2v) is 3.52. The zero-order valence-electron chi connectivity index (χ0n) is 8.53. The monoisotopic (exact) mass is 197 g/mol. The molecule has 0 unspecified atom stereocenters. The maximum absolute atomic E-state index is 11.2. The summed E-state index contributed by atoms with van der Waals surface area (Å²) >= 11 is 0. The summed E-state index contributed by atoms with van der Waals surface area (Å²) in [5, 5.41) is 0. The molecule has 1 aliphatic heterocycles. The van der Waals surface area contributed by atoms with Gasteiger partial charge < -0.3 is 9.64 Å². The van der Waals surface area contributed by atoms with Crippen molar-refractivity contribution in [3.8, 4) is 0 Å². The molecule has 0 aromatic heterocycles. The predicted molar refractivity (Wildman–Crippen MR) is 51.9 cm³/mol. The first-order valence-electron chi connectivity index (χ1n) is 4.73. The molecule has 1 aliphatic rings. The van der Waals surface area contributed by atoms with Crippen LogP contribution in [0.15, 0.2) is 12.2 Å². The Bertz CT molecular complexity index is 258. The summed E-state index contributed by atoms with van der Waals surface area (Å²) in [6, 6.07) is 0. The average molecular weight is 197 g/mol. The highest BCUT2D eigenvalue weighted by atomic mass is 16.6. The molecule has 4 nitrogen and oxygen atoms in total. The summed E-state index contributed by atoms with van der Waals surface area (Å²) < 4.78 is 4.74. The van der Waals surface area contributed by atoms with Crippen molar-refractivity contribution in [2.24, 2.45) is 5.92 Å². The number of ketones is 1. The maximum atomic E-state index is 11.2. The van der Waals surface area contributed by atoms with Gasteiger partial charge in [0.15, 0.2) is 5.78 Å². The molecule has 0 spiro atoms. The maximum Gasteiger partial charge on any atom is 0.410 e. The van der Waals surface area contributed by atoms with E-state index in [4.69, 9.17) is 4.74 Å². The van der Waals surface area contributed by atoms with Crippen LogP contribution >= 0.6 is 0 Å². The Morgan fingerprint density at radius 2 is 2.36 bits per heavy atom. The lowest BCUT2D eigenvalue weighted by atomic mass is 10.1. The normalized spacial score (nSPS) is 16.8. The van der Waals surface area contributed by atoms with Crippen LogP contribution < -0.4 is 0 Å². The fourth-order valence-corrected chi connectivity index (χ4v) is 1.08. The lowest BCUT2D eigenvalue weighted by molar-refractivity contribution is -0.117. The smallest absolute Gasteiger partial charge is 0.410 e. The minimum absolute atomic E-state index is 0.0109. The summed E-state index contributed by atoms with van der Waals surface area (Å²) in [5.74, 6) is 0.0920. The van der Waals surface area contributed by atoms with Gasteiger partial charge in [0.05, 0.1) is 6.54 Å². The van der Waals surface area contributed by atoms with E-state index in [0.717, 1.165) is 0 Å².